The molecule has 18 heavy (non-hydrogen) atoms. The molecule has 4 nitrogen and oxygen atoms in total. The minimum atomic E-state index is -0.429. The molecular formula is C14H28N2O2. The molecule has 0 aromatic carbocycles. The lowest BCUT2D eigenvalue weighted by Crippen LogP contribution is -2.45. The Morgan fingerprint density at radius 1 is 1.50 bits per heavy atom. The Morgan fingerprint density at radius 2 is 2.22 bits per heavy atom. The van der Waals surface area contributed by atoms with Crippen LogP contribution in [0.1, 0.15) is 46.5 Å². The van der Waals surface area contributed by atoms with Crippen LogP contribution in [-0.2, 0) is 4.79 Å². The van der Waals surface area contributed by atoms with Crippen LogP contribution in [0.3, 0.4) is 0 Å². The van der Waals surface area contributed by atoms with Gasteiger partial charge < -0.3 is 15.7 Å². The summed E-state index contributed by atoms with van der Waals surface area (Å²) in [5.41, 5.74) is -0.244. The zero-order chi connectivity index (χ0) is 13.6. The number of aliphatic hydroxyl groups is 1. The summed E-state index contributed by atoms with van der Waals surface area (Å²) in [6.07, 6.45) is 3.16. The molecule has 1 rings (SSSR count). The fraction of sp³-hybridized carbons (Fsp3) is 0.929. The lowest BCUT2D eigenvalue weighted by molar-refractivity contribution is -0.131. The number of hydrogen-bond donors (Lipinski definition) is 3. The van der Waals surface area contributed by atoms with Crippen LogP contribution in [0.15, 0.2) is 0 Å². The quantitative estimate of drug-likeness (QED) is 0.643. The lowest BCUT2D eigenvalue weighted by atomic mass is 9.81. The van der Waals surface area contributed by atoms with E-state index < -0.39 is 6.10 Å². The third kappa shape index (κ3) is 4.25. The summed E-state index contributed by atoms with van der Waals surface area (Å²) >= 11 is 0. The number of aliphatic hydroxyl groups excluding tert-OH is 1. The summed E-state index contributed by atoms with van der Waals surface area (Å²) in [6.45, 7) is 8.33. The van der Waals surface area contributed by atoms with Gasteiger partial charge in [0.15, 0.2) is 0 Å². The number of carbonyl (C=O) groups is 1. The molecule has 1 saturated heterocycles. The summed E-state index contributed by atoms with van der Waals surface area (Å²) in [5, 5.41) is 16.0. The Kier molecular flexibility index (Phi) is 6.09. The van der Waals surface area contributed by atoms with Crippen LogP contribution in [0, 0.1) is 11.3 Å². The van der Waals surface area contributed by atoms with Crippen LogP contribution in [0.25, 0.3) is 0 Å². The van der Waals surface area contributed by atoms with Gasteiger partial charge >= 0.3 is 0 Å². The Balaban J connectivity index is 2.42. The highest BCUT2D eigenvalue weighted by Crippen LogP contribution is 2.31. The van der Waals surface area contributed by atoms with Gasteiger partial charge in [0.1, 0.15) is 0 Å². The molecular weight excluding hydrogens is 228 g/mol. The van der Waals surface area contributed by atoms with Gasteiger partial charge in [-0.3, -0.25) is 4.79 Å². The third-order valence-corrected chi connectivity index (χ3v) is 3.70. The van der Waals surface area contributed by atoms with E-state index in [1.807, 2.05) is 0 Å². The first-order valence-corrected chi connectivity index (χ1v) is 7.17. The van der Waals surface area contributed by atoms with Crippen LogP contribution >= 0.6 is 0 Å². The summed E-state index contributed by atoms with van der Waals surface area (Å²) in [5.74, 6) is 0.562. The first-order chi connectivity index (χ1) is 8.50. The van der Waals surface area contributed by atoms with E-state index in [9.17, 15) is 9.90 Å². The normalized spacial score (nSPS) is 25.4. The van der Waals surface area contributed by atoms with Gasteiger partial charge in [-0.15, -0.1) is 0 Å². The molecule has 2 atom stereocenters. The molecule has 0 aliphatic carbocycles. The lowest BCUT2D eigenvalue weighted by Gasteiger charge is -2.27. The van der Waals surface area contributed by atoms with Crippen molar-refractivity contribution in [3.05, 3.63) is 0 Å². The van der Waals surface area contributed by atoms with E-state index in [0.29, 0.717) is 12.5 Å². The molecule has 0 aromatic heterocycles. The van der Waals surface area contributed by atoms with Crippen LogP contribution in [0.2, 0.25) is 0 Å². The van der Waals surface area contributed by atoms with Crippen LogP contribution < -0.4 is 10.6 Å². The van der Waals surface area contributed by atoms with Crippen molar-refractivity contribution in [3.63, 3.8) is 0 Å². The number of carbonyl (C=O) groups excluding carboxylic acids is 1. The largest absolute Gasteiger partial charge is 0.391 e. The summed E-state index contributed by atoms with van der Waals surface area (Å²) < 4.78 is 0. The predicted octanol–water partition coefficient (Wildman–Crippen LogP) is 1.29. The van der Waals surface area contributed by atoms with Crippen molar-refractivity contribution in [1.82, 2.24) is 10.6 Å². The SMILES string of the molecule is CCCC1(C(=O)NCC(O)CC(C)C)CCNC1. The van der Waals surface area contributed by atoms with E-state index in [0.717, 1.165) is 38.8 Å². The van der Waals surface area contributed by atoms with Crippen LogP contribution in [0.4, 0.5) is 0 Å². The second-order valence-electron chi connectivity index (χ2n) is 5.95. The molecule has 0 radical (unpaired) electrons. The van der Waals surface area contributed by atoms with E-state index in [1.54, 1.807) is 0 Å². The molecule has 1 heterocycles. The Bertz CT molecular complexity index is 261. The maximum absolute atomic E-state index is 12.3. The van der Waals surface area contributed by atoms with E-state index in [4.69, 9.17) is 0 Å². The fourth-order valence-corrected chi connectivity index (χ4v) is 2.77. The number of hydrogen-bond acceptors (Lipinski definition) is 3. The van der Waals surface area contributed by atoms with Gasteiger partial charge in [-0.05, 0) is 31.7 Å². The van der Waals surface area contributed by atoms with Gasteiger partial charge in [0.2, 0.25) is 5.91 Å². The van der Waals surface area contributed by atoms with Crippen molar-refractivity contribution >= 4 is 5.91 Å². The second kappa shape index (κ2) is 7.10. The zero-order valence-electron chi connectivity index (χ0n) is 12.0. The van der Waals surface area contributed by atoms with Crippen LogP contribution in [-0.4, -0.2) is 36.8 Å². The average Bonchev–Trinajstić information content (AvgIpc) is 2.75. The molecule has 3 N–H and O–H groups in total. The average molecular weight is 256 g/mol. The predicted molar refractivity (Wildman–Crippen MR) is 73.3 cm³/mol. The monoisotopic (exact) mass is 256 g/mol. The molecule has 1 aliphatic heterocycles. The van der Waals surface area contributed by atoms with Crippen molar-refractivity contribution < 1.29 is 9.90 Å². The molecule has 0 spiro atoms. The number of rotatable bonds is 7. The second-order valence-corrected chi connectivity index (χ2v) is 5.95. The minimum Gasteiger partial charge on any atom is -0.391 e. The van der Waals surface area contributed by atoms with Gasteiger partial charge in [0.25, 0.3) is 0 Å². The summed E-state index contributed by atoms with van der Waals surface area (Å²) in [4.78, 5) is 12.3. The van der Waals surface area contributed by atoms with E-state index in [2.05, 4.69) is 31.4 Å². The standard InChI is InChI=1S/C14H28N2O2/c1-4-5-14(6-7-15-10-14)13(18)16-9-12(17)8-11(2)3/h11-12,15,17H,4-10H2,1-3H3,(H,16,18). The minimum absolute atomic E-state index is 0.108. The Morgan fingerprint density at radius 3 is 2.72 bits per heavy atom. The fourth-order valence-electron chi connectivity index (χ4n) is 2.77. The maximum Gasteiger partial charge on any atom is 0.227 e. The van der Waals surface area contributed by atoms with Gasteiger partial charge in [0.05, 0.1) is 11.5 Å². The molecule has 2 unspecified atom stereocenters. The van der Waals surface area contributed by atoms with E-state index in [1.165, 1.54) is 0 Å². The maximum atomic E-state index is 12.3. The van der Waals surface area contributed by atoms with Crippen molar-refractivity contribution in [2.75, 3.05) is 19.6 Å². The Hall–Kier alpha value is -0.610. The molecule has 106 valence electrons. The van der Waals surface area contributed by atoms with Crippen molar-refractivity contribution in [1.29, 1.82) is 0 Å². The molecule has 4 heteroatoms. The highest BCUT2D eigenvalue weighted by atomic mass is 16.3. The number of amides is 1. The van der Waals surface area contributed by atoms with Gasteiger partial charge in [-0.2, -0.15) is 0 Å². The zero-order valence-corrected chi connectivity index (χ0v) is 12.0. The first kappa shape index (κ1) is 15.4. The van der Waals surface area contributed by atoms with Gasteiger partial charge in [-0.25, -0.2) is 0 Å². The van der Waals surface area contributed by atoms with E-state index in [-0.39, 0.29) is 11.3 Å². The molecule has 0 aromatic rings. The van der Waals surface area contributed by atoms with Crippen molar-refractivity contribution in [2.24, 2.45) is 11.3 Å². The Labute approximate surface area is 111 Å². The third-order valence-electron chi connectivity index (χ3n) is 3.70. The first-order valence-electron chi connectivity index (χ1n) is 7.17. The topological polar surface area (TPSA) is 61.4 Å². The highest BCUT2D eigenvalue weighted by Gasteiger charge is 2.40. The van der Waals surface area contributed by atoms with Crippen molar-refractivity contribution in [3.8, 4) is 0 Å². The van der Waals surface area contributed by atoms with Crippen LogP contribution in [0.5, 0.6) is 0 Å². The van der Waals surface area contributed by atoms with E-state index >= 15 is 0 Å². The summed E-state index contributed by atoms with van der Waals surface area (Å²) in [7, 11) is 0. The van der Waals surface area contributed by atoms with Gasteiger partial charge in [-0.1, -0.05) is 27.2 Å². The summed E-state index contributed by atoms with van der Waals surface area (Å²) in [6, 6.07) is 0. The smallest absolute Gasteiger partial charge is 0.227 e. The van der Waals surface area contributed by atoms with Crippen molar-refractivity contribution in [2.45, 2.75) is 52.6 Å². The molecule has 1 fully saturated rings. The molecule has 0 bridgehead atoms. The highest BCUT2D eigenvalue weighted by molar-refractivity contribution is 5.83. The molecule has 1 amide bonds. The molecule has 0 saturated carbocycles. The number of nitrogens with one attached hydrogen (secondary N) is 2. The molecule has 1 aliphatic rings. The van der Waals surface area contributed by atoms with Gasteiger partial charge in [0, 0.05) is 13.1 Å².